The lowest BCUT2D eigenvalue weighted by Crippen LogP contribution is -2.17. The van der Waals surface area contributed by atoms with Crippen LogP contribution in [0.1, 0.15) is 38.7 Å². The standard InChI is InChI=1S/C13H20N2/c1-10-6-12(9-14-8-10)15-11-4-5-13(2,3)7-11/h6,8-9,11,15H,4-5,7H2,1-3H3. The fraction of sp³-hybridized carbons (Fsp3) is 0.615. The zero-order valence-corrected chi connectivity index (χ0v) is 9.88. The first-order valence-electron chi connectivity index (χ1n) is 5.73. The third-order valence-electron chi connectivity index (χ3n) is 3.21. The largest absolute Gasteiger partial charge is 0.381 e. The molecular formula is C13H20N2. The Balaban J connectivity index is 1.99. The van der Waals surface area contributed by atoms with Crippen LogP contribution in [0.2, 0.25) is 0 Å². The van der Waals surface area contributed by atoms with Gasteiger partial charge in [0, 0.05) is 18.4 Å². The highest BCUT2D eigenvalue weighted by molar-refractivity contribution is 5.43. The van der Waals surface area contributed by atoms with Crippen LogP contribution in [0.15, 0.2) is 18.5 Å². The van der Waals surface area contributed by atoms with Gasteiger partial charge in [-0.05, 0) is 43.2 Å². The van der Waals surface area contributed by atoms with E-state index < -0.39 is 0 Å². The van der Waals surface area contributed by atoms with Crippen molar-refractivity contribution in [3.8, 4) is 0 Å². The van der Waals surface area contributed by atoms with E-state index in [1.165, 1.54) is 24.8 Å². The Hall–Kier alpha value is -1.05. The van der Waals surface area contributed by atoms with Gasteiger partial charge in [0.2, 0.25) is 0 Å². The molecule has 0 amide bonds. The summed E-state index contributed by atoms with van der Waals surface area (Å²) in [4.78, 5) is 4.20. The monoisotopic (exact) mass is 204 g/mol. The van der Waals surface area contributed by atoms with Crippen molar-refractivity contribution < 1.29 is 0 Å². The second-order valence-electron chi connectivity index (χ2n) is 5.50. The normalized spacial score (nSPS) is 24.1. The first kappa shape index (κ1) is 10.5. The quantitative estimate of drug-likeness (QED) is 0.798. The second kappa shape index (κ2) is 3.84. The van der Waals surface area contributed by atoms with E-state index in [2.05, 4.69) is 37.1 Å². The predicted molar refractivity (Wildman–Crippen MR) is 64.0 cm³/mol. The van der Waals surface area contributed by atoms with Crippen LogP contribution in [-0.2, 0) is 0 Å². The van der Waals surface area contributed by atoms with Crippen molar-refractivity contribution in [2.75, 3.05) is 5.32 Å². The van der Waals surface area contributed by atoms with Gasteiger partial charge in [-0.15, -0.1) is 0 Å². The van der Waals surface area contributed by atoms with Gasteiger partial charge in [0.1, 0.15) is 0 Å². The molecule has 0 aliphatic heterocycles. The SMILES string of the molecule is Cc1cncc(NC2CCC(C)(C)C2)c1. The first-order chi connectivity index (χ1) is 7.05. The van der Waals surface area contributed by atoms with Crippen LogP contribution in [0, 0.1) is 12.3 Å². The van der Waals surface area contributed by atoms with Gasteiger partial charge in [-0.1, -0.05) is 13.8 Å². The molecule has 15 heavy (non-hydrogen) atoms. The summed E-state index contributed by atoms with van der Waals surface area (Å²) in [5, 5.41) is 3.57. The molecule has 1 aromatic rings. The Morgan fingerprint density at radius 1 is 1.40 bits per heavy atom. The van der Waals surface area contributed by atoms with Crippen LogP contribution >= 0.6 is 0 Å². The minimum atomic E-state index is 0.509. The molecule has 1 N–H and O–H groups in total. The molecular weight excluding hydrogens is 184 g/mol. The minimum Gasteiger partial charge on any atom is -0.381 e. The van der Waals surface area contributed by atoms with E-state index in [9.17, 15) is 0 Å². The van der Waals surface area contributed by atoms with Crippen LogP contribution in [0.5, 0.6) is 0 Å². The summed E-state index contributed by atoms with van der Waals surface area (Å²) in [5.74, 6) is 0. The maximum atomic E-state index is 4.20. The van der Waals surface area contributed by atoms with Gasteiger partial charge in [0.15, 0.2) is 0 Å². The van der Waals surface area contributed by atoms with Crippen molar-refractivity contribution in [2.45, 2.75) is 46.1 Å². The second-order valence-corrected chi connectivity index (χ2v) is 5.50. The fourth-order valence-electron chi connectivity index (χ4n) is 2.43. The highest BCUT2D eigenvalue weighted by atomic mass is 14.9. The Kier molecular flexibility index (Phi) is 2.68. The molecule has 1 atom stereocenters. The van der Waals surface area contributed by atoms with Crippen molar-refractivity contribution in [1.82, 2.24) is 4.98 Å². The molecule has 1 saturated carbocycles. The first-order valence-corrected chi connectivity index (χ1v) is 5.73. The molecule has 0 bridgehead atoms. The lowest BCUT2D eigenvalue weighted by atomic mass is 9.92. The highest BCUT2D eigenvalue weighted by Crippen LogP contribution is 2.38. The van der Waals surface area contributed by atoms with Gasteiger partial charge >= 0.3 is 0 Å². The fourth-order valence-corrected chi connectivity index (χ4v) is 2.43. The number of nitrogens with one attached hydrogen (secondary N) is 1. The third kappa shape index (κ3) is 2.71. The molecule has 0 radical (unpaired) electrons. The van der Waals surface area contributed by atoms with E-state index in [-0.39, 0.29) is 0 Å². The molecule has 2 heteroatoms. The zero-order chi connectivity index (χ0) is 10.9. The summed E-state index contributed by atoms with van der Waals surface area (Å²) in [6.07, 6.45) is 7.67. The van der Waals surface area contributed by atoms with E-state index in [0.29, 0.717) is 11.5 Å². The average molecular weight is 204 g/mol. The van der Waals surface area contributed by atoms with Gasteiger partial charge in [-0.3, -0.25) is 4.98 Å². The van der Waals surface area contributed by atoms with Gasteiger partial charge < -0.3 is 5.32 Å². The molecule has 0 saturated heterocycles. The molecule has 82 valence electrons. The number of anilines is 1. The minimum absolute atomic E-state index is 0.509. The number of rotatable bonds is 2. The molecule has 2 nitrogen and oxygen atoms in total. The van der Waals surface area contributed by atoms with Crippen LogP contribution in [0.3, 0.4) is 0 Å². The van der Waals surface area contributed by atoms with Crippen molar-refractivity contribution in [2.24, 2.45) is 5.41 Å². The topological polar surface area (TPSA) is 24.9 Å². The maximum absolute atomic E-state index is 4.20. The Morgan fingerprint density at radius 3 is 2.80 bits per heavy atom. The Labute approximate surface area is 92.1 Å². The number of nitrogens with zero attached hydrogens (tertiary/aromatic N) is 1. The summed E-state index contributed by atoms with van der Waals surface area (Å²) >= 11 is 0. The summed E-state index contributed by atoms with van der Waals surface area (Å²) in [7, 11) is 0. The summed E-state index contributed by atoms with van der Waals surface area (Å²) in [5.41, 5.74) is 2.89. The number of hydrogen-bond donors (Lipinski definition) is 1. The Bertz CT molecular complexity index is 344. The van der Waals surface area contributed by atoms with Gasteiger partial charge in [0.25, 0.3) is 0 Å². The molecule has 1 aromatic heterocycles. The number of aryl methyl sites for hydroxylation is 1. The van der Waals surface area contributed by atoms with Crippen LogP contribution < -0.4 is 5.32 Å². The van der Waals surface area contributed by atoms with Crippen molar-refractivity contribution >= 4 is 5.69 Å². The summed E-state index contributed by atoms with van der Waals surface area (Å²) in [6.45, 7) is 6.78. The lowest BCUT2D eigenvalue weighted by Gasteiger charge is -2.18. The molecule has 0 aromatic carbocycles. The van der Waals surface area contributed by atoms with Crippen molar-refractivity contribution in [3.05, 3.63) is 24.0 Å². The van der Waals surface area contributed by atoms with Gasteiger partial charge in [0.05, 0.1) is 5.69 Å². The van der Waals surface area contributed by atoms with E-state index in [0.717, 1.165) is 5.69 Å². The van der Waals surface area contributed by atoms with Crippen LogP contribution in [-0.4, -0.2) is 11.0 Å². The smallest absolute Gasteiger partial charge is 0.0531 e. The summed E-state index contributed by atoms with van der Waals surface area (Å²) < 4.78 is 0. The van der Waals surface area contributed by atoms with E-state index in [4.69, 9.17) is 0 Å². The molecule has 1 fully saturated rings. The van der Waals surface area contributed by atoms with Gasteiger partial charge in [-0.25, -0.2) is 0 Å². The van der Waals surface area contributed by atoms with Crippen molar-refractivity contribution in [1.29, 1.82) is 0 Å². The van der Waals surface area contributed by atoms with Gasteiger partial charge in [-0.2, -0.15) is 0 Å². The molecule has 1 unspecified atom stereocenters. The maximum Gasteiger partial charge on any atom is 0.0531 e. The van der Waals surface area contributed by atoms with Crippen molar-refractivity contribution in [3.63, 3.8) is 0 Å². The molecule has 2 rings (SSSR count). The third-order valence-corrected chi connectivity index (χ3v) is 3.21. The highest BCUT2D eigenvalue weighted by Gasteiger charge is 2.30. The molecule has 1 aliphatic rings. The average Bonchev–Trinajstić information content (AvgIpc) is 2.45. The number of pyridine rings is 1. The molecule has 1 aliphatic carbocycles. The molecule has 1 heterocycles. The zero-order valence-electron chi connectivity index (χ0n) is 9.88. The number of aromatic nitrogens is 1. The van der Waals surface area contributed by atoms with Crippen LogP contribution in [0.4, 0.5) is 5.69 Å². The lowest BCUT2D eigenvalue weighted by molar-refractivity contribution is 0.378. The van der Waals surface area contributed by atoms with E-state index in [1.54, 1.807) is 0 Å². The summed E-state index contributed by atoms with van der Waals surface area (Å²) in [6, 6.07) is 2.79. The van der Waals surface area contributed by atoms with E-state index >= 15 is 0 Å². The number of hydrogen-bond acceptors (Lipinski definition) is 2. The molecule has 0 spiro atoms. The Morgan fingerprint density at radius 2 is 2.20 bits per heavy atom. The predicted octanol–water partition coefficient (Wildman–Crippen LogP) is 3.38. The van der Waals surface area contributed by atoms with Crippen LogP contribution in [0.25, 0.3) is 0 Å². The van der Waals surface area contributed by atoms with E-state index in [1.807, 2.05) is 12.4 Å².